The average Bonchev–Trinajstić information content (AvgIpc) is 0.826. The van der Waals surface area contributed by atoms with Gasteiger partial charge in [0.15, 0.2) is 49.9 Å². The zero-order valence-electron chi connectivity index (χ0n) is 61.4. The van der Waals surface area contributed by atoms with Crippen molar-refractivity contribution in [2.24, 2.45) is 0 Å². The molecule has 113 heavy (non-hydrogen) atoms. The van der Waals surface area contributed by atoms with Crippen molar-refractivity contribution in [1.29, 1.82) is 0 Å². The van der Waals surface area contributed by atoms with Crippen LogP contribution in [0.1, 0.15) is 64.8 Å². The first-order chi connectivity index (χ1) is 51.1. The first kappa shape index (κ1) is 97.4. The predicted octanol–water partition coefficient (Wildman–Crippen LogP) is -16.1. The molecule has 0 aliphatic carbocycles. The fourth-order valence-corrected chi connectivity index (χ4v) is 10.1. The maximum Gasteiger partial charge on any atom is 1.00 e. The topological polar surface area (TPSA) is 559 Å². The van der Waals surface area contributed by atoms with Gasteiger partial charge in [-0.05, 0) is 72.8 Å². The molecule has 6 aromatic carbocycles. The molecule has 12 rings (SSSR count). The molecule has 35 nitrogen and oxygen atoms in total. The standard InChI is InChI=1S/2C24H18O12.C24H18O11.6Na.H/c2*25-11-7-19(23(29)30)35-17-5-1-3-15(21(11)17)33-9-13(27)14(28)10-34-16-4-2-6-18-22(16)12(26)8-20(36-18)24(31)32;25-13-11-19(23(27)28)34-17-5-1-3-15(21(13)17)32-9-7-31-8-10-33-16-4-2-6-18-22(16)14(26)12-20(35-18)24(29)30;;;;;;;/h2*1-8,13-14,27-28H,9-10H2,(H,29,30)(H,31,32);1-6,11-12H,7-10H2,(H,27,28)(H,29,30);;;;;;;/q;;;6*+1;-1/p-3/t13-,14?;13-,14+;;;;;;;;/m0........./s1. The van der Waals surface area contributed by atoms with E-state index in [2.05, 4.69) is 0 Å². The number of hydrogen-bond acceptors (Lipinski definition) is 32. The number of carbonyl (C=O) groups is 6. The molecule has 0 amide bonds. The Labute approximate surface area is 764 Å². The SMILES string of the molecule is O=C([O-])c1cc(=O)c2c(OCC(O)[C@@H](O)COc3cccc4oc(C(=O)O)cc(=O)c34)cccc2o1.O=C([O-])c1cc(=O)c2c(OCCOCCOc3cccc4oc(C(=O)O)cc(=O)c34)cccc2o1.O=C([O-])c1cc(=O)c2c(OC[C@@H](O)[C@@H](O)COc3cccc4oc(C(=O)O)cc(=O)c34)cccc2o1.[H-].[Na+].[Na+].[Na+].[Na+].[Na+].[Na+]. The maximum atomic E-state index is 12.4. The van der Waals surface area contributed by atoms with Crippen molar-refractivity contribution in [3.63, 3.8) is 0 Å². The molecule has 0 radical (unpaired) electrons. The molecule has 0 spiro atoms. The van der Waals surface area contributed by atoms with Crippen LogP contribution in [0.25, 0.3) is 65.8 Å². The van der Waals surface area contributed by atoms with E-state index in [1.165, 1.54) is 84.9 Å². The third-order valence-electron chi connectivity index (χ3n) is 15.0. The Hall–Kier alpha value is -8.00. The number of ether oxygens (including phenoxy) is 7. The van der Waals surface area contributed by atoms with Crippen LogP contribution in [0.15, 0.2) is 201 Å². The number of carboxylic acid groups (broad SMARTS) is 6. The molecule has 6 heterocycles. The molecule has 6 aromatic heterocycles. The molecule has 41 heteroatoms. The molecule has 7 N–H and O–H groups in total. The quantitative estimate of drug-likeness (QED) is 0.0177. The van der Waals surface area contributed by atoms with Crippen LogP contribution in [0.3, 0.4) is 0 Å². The molecule has 12 aromatic rings. The van der Waals surface area contributed by atoms with Gasteiger partial charge in [-0.2, -0.15) is 0 Å². The summed E-state index contributed by atoms with van der Waals surface area (Å²) in [7, 11) is 0. The van der Waals surface area contributed by atoms with Crippen molar-refractivity contribution >= 4 is 102 Å². The Morgan fingerprint density at radius 1 is 0.292 bits per heavy atom. The molecule has 1 unspecified atom stereocenters. The molecule has 0 aliphatic rings. The van der Waals surface area contributed by atoms with Gasteiger partial charge in [0, 0.05) is 36.4 Å². The Balaban J connectivity index is 0.000000429. The minimum Gasteiger partial charge on any atom is -1.00 e. The number of fused-ring (bicyclic) bond motifs is 6. The number of benzene rings is 6. The van der Waals surface area contributed by atoms with Crippen LogP contribution < -0.4 is 254 Å². The number of aliphatic hydroxyl groups excluding tert-OH is 4. The monoisotopic (exact) mass is 1610 g/mol. The van der Waals surface area contributed by atoms with Crippen molar-refractivity contribution in [3.8, 4) is 34.5 Å². The molecule has 0 fully saturated rings. The van der Waals surface area contributed by atoms with E-state index in [-0.39, 0.29) is 306 Å². The smallest absolute Gasteiger partial charge is 1.00 e. The van der Waals surface area contributed by atoms with Gasteiger partial charge in [-0.3, -0.25) is 28.8 Å². The van der Waals surface area contributed by atoms with E-state index in [4.69, 9.17) is 75.0 Å². The second kappa shape index (κ2) is 44.8. The van der Waals surface area contributed by atoms with Gasteiger partial charge < -0.3 is 127 Å². The van der Waals surface area contributed by atoms with Gasteiger partial charge in [-0.15, -0.1) is 0 Å². The number of aliphatic hydroxyl groups is 4. The first-order valence-electron chi connectivity index (χ1n) is 31.0. The third-order valence-corrected chi connectivity index (χ3v) is 15.0. The van der Waals surface area contributed by atoms with E-state index in [1.807, 2.05) is 0 Å². The van der Waals surface area contributed by atoms with E-state index in [0.29, 0.717) is 0 Å². The van der Waals surface area contributed by atoms with Crippen LogP contribution in [0.4, 0.5) is 0 Å². The van der Waals surface area contributed by atoms with Crippen molar-refractivity contribution in [1.82, 2.24) is 0 Å². The van der Waals surface area contributed by atoms with Crippen LogP contribution >= 0.6 is 0 Å². The molecular formula is C72H52Na6O35+2. The Kier molecular flexibility index (Phi) is 38.6. The van der Waals surface area contributed by atoms with Gasteiger partial charge in [-0.1, -0.05) is 36.4 Å². The molecule has 0 saturated heterocycles. The summed E-state index contributed by atoms with van der Waals surface area (Å²) in [5.41, 5.74) is -3.93. The summed E-state index contributed by atoms with van der Waals surface area (Å²) in [5.74, 6) is -12.1. The van der Waals surface area contributed by atoms with E-state index in [1.54, 1.807) is 24.3 Å². The molecular weight excluding hydrogens is 1560 g/mol. The van der Waals surface area contributed by atoms with Gasteiger partial charge in [-0.25, -0.2) is 14.4 Å². The number of hydrogen-bond donors (Lipinski definition) is 7. The fraction of sp³-hybridized carbons (Fsp3) is 0.167. The number of carboxylic acids is 6. The van der Waals surface area contributed by atoms with E-state index < -0.39 is 154 Å². The summed E-state index contributed by atoms with van der Waals surface area (Å²) in [6.45, 7) is -1.46. The molecule has 554 valence electrons. The first-order valence-corrected chi connectivity index (χ1v) is 31.0. The summed E-state index contributed by atoms with van der Waals surface area (Å²) in [6.07, 6.45) is -6.00. The van der Waals surface area contributed by atoms with E-state index >= 15 is 0 Å². The third kappa shape index (κ3) is 24.5. The van der Waals surface area contributed by atoms with E-state index in [0.717, 1.165) is 36.4 Å². The molecule has 0 aliphatic heterocycles. The van der Waals surface area contributed by atoms with Gasteiger partial charge in [0.05, 0.1) is 13.2 Å². The average molecular weight is 1620 g/mol. The largest absolute Gasteiger partial charge is 1.00 e. The summed E-state index contributed by atoms with van der Waals surface area (Å²) in [6, 6.07) is 30.8. The number of aromatic carboxylic acids is 6. The van der Waals surface area contributed by atoms with Crippen LogP contribution in [-0.4, -0.2) is 149 Å². The Bertz CT molecular complexity index is 5270. The second-order valence-corrected chi connectivity index (χ2v) is 22.2. The zero-order valence-corrected chi connectivity index (χ0v) is 72.4. The predicted molar refractivity (Wildman–Crippen MR) is 358 cm³/mol. The summed E-state index contributed by atoms with van der Waals surface area (Å²) >= 11 is 0. The zero-order chi connectivity index (χ0) is 76.9. The van der Waals surface area contributed by atoms with Crippen LogP contribution in [0.5, 0.6) is 34.5 Å². The molecule has 4 atom stereocenters. The minimum absolute atomic E-state index is 0. The summed E-state index contributed by atoms with van der Waals surface area (Å²) < 4.78 is 69.4. The van der Waals surface area contributed by atoms with Gasteiger partial charge in [0.25, 0.3) is 0 Å². The minimum atomic E-state index is -1.66. The summed E-state index contributed by atoms with van der Waals surface area (Å²) in [5, 5.41) is 101. The normalized spacial score (nSPS) is 11.6. The van der Waals surface area contributed by atoms with Gasteiger partial charge in [0.1, 0.15) is 182 Å². The van der Waals surface area contributed by atoms with Crippen LogP contribution in [0, 0.1) is 0 Å². The van der Waals surface area contributed by atoms with Crippen molar-refractivity contribution in [3.05, 3.63) is 241 Å². The van der Waals surface area contributed by atoms with Gasteiger partial charge in [0.2, 0.25) is 17.3 Å². The maximum absolute atomic E-state index is 12.4. The Morgan fingerprint density at radius 2 is 0.469 bits per heavy atom. The number of carbonyl (C=O) groups excluding carboxylic acids is 3. The van der Waals surface area contributed by atoms with Crippen molar-refractivity contribution in [2.45, 2.75) is 24.4 Å². The fourth-order valence-electron chi connectivity index (χ4n) is 10.1. The summed E-state index contributed by atoms with van der Waals surface area (Å²) in [4.78, 5) is 140. The van der Waals surface area contributed by atoms with Crippen LogP contribution in [-0.2, 0) is 4.74 Å². The molecule has 0 saturated carbocycles. The van der Waals surface area contributed by atoms with Gasteiger partial charge >= 0.3 is 195 Å². The van der Waals surface area contributed by atoms with E-state index in [9.17, 15) is 93.3 Å². The van der Waals surface area contributed by atoms with Crippen LogP contribution in [0.2, 0.25) is 0 Å². The second-order valence-electron chi connectivity index (χ2n) is 22.2. The van der Waals surface area contributed by atoms with Crippen molar-refractivity contribution < 1.29 is 318 Å². The molecule has 0 bridgehead atoms. The van der Waals surface area contributed by atoms with Crippen molar-refractivity contribution in [2.75, 3.05) is 52.9 Å². The Morgan fingerprint density at radius 3 is 0.655 bits per heavy atom. The number of rotatable bonds is 28.